The summed E-state index contributed by atoms with van der Waals surface area (Å²) in [5.74, 6) is -2.21. The van der Waals surface area contributed by atoms with Gasteiger partial charge in [0.1, 0.15) is 0 Å². The van der Waals surface area contributed by atoms with Gasteiger partial charge in [0, 0.05) is 25.0 Å². The quantitative estimate of drug-likeness (QED) is 0.681. The number of nitrogens with zero attached hydrogens (tertiary/aromatic N) is 1. The van der Waals surface area contributed by atoms with Crippen molar-refractivity contribution in [2.75, 3.05) is 52.7 Å². The largest absolute Gasteiger partial charge is 0.550 e. The Labute approximate surface area is 131 Å². The maximum Gasteiger partial charge on any atom is 0.225 e. The van der Waals surface area contributed by atoms with E-state index in [0.717, 1.165) is 0 Å². The first kappa shape index (κ1) is 18.9. The molecule has 0 unspecified atom stereocenters. The van der Waals surface area contributed by atoms with E-state index >= 15 is 0 Å². The lowest BCUT2D eigenvalue weighted by Crippen LogP contribution is -2.41. The van der Waals surface area contributed by atoms with Crippen LogP contribution in [0.15, 0.2) is 0 Å². The predicted octanol–water partition coefficient (Wildman–Crippen LogP) is -0.709. The maximum absolute atomic E-state index is 12.4. The van der Waals surface area contributed by atoms with E-state index in [9.17, 15) is 14.7 Å². The van der Waals surface area contributed by atoms with E-state index < -0.39 is 11.9 Å². The van der Waals surface area contributed by atoms with Crippen LogP contribution in [-0.4, -0.2) is 69.5 Å². The second-order valence-electron chi connectivity index (χ2n) is 5.52. The molecule has 1 rings (SSSR count). The summed E-state index contributed by atoms with van der Waals surface area (Å²) in [6, 6.07) is 0. The molecule has 7 heteroatoms. The van der Waals surface area contributed by atoms with Crippen LogP contribution in [0.3, 0.4) is 0 Å². The number of aliphatic carboxylic acids is 1. The van der Waals surface area contributed by atoms with Crippen LogP contribution in [0.5, 0.6) is 0 Å². The van der Waals surface area contributed by atoms with Crippen molar-refractivity contribution < 1.29 is 28.9 Å². The van der Waals surface area contributed by atoms with Crippen molar-refractivity contribution in [2.45, 2.75) is 20.3 Å². The molecule has 22 heavy (non-hydrogen) atoms. The minimum absolute atomic E-state index is 0.0754. The minimum Gasteiger partial charge on any atom is -0.550 e. The van der Waals surface area contributed by atoms with Gasteiger partial charge in [0.15, 0.2) is 0 Å². The van der Waals surface area contributed by atoms with Crippen molar-refractivity contribution >= 4 is 11.9 Å². The molecule has 0 spiro atoms. The zero-order valence-electron chi connectivity index (χ0n) is 13.4. The minimum atomic E-state index is -1.12. The van der Waals surface area contributed by atoms with E-state index in [1.807, 2.05) is 0 Å². The van der Waals surface area contributed by atoms with Gasteiger partial charge in [0.25, 0.3) is 0 Å². The van der Waals surface area contributed by atoms with E-state index in [2.05, 4.69) is 0 Å². The van der Waals surface area contributed by atoms with Crippen LogP contribution >= 0.6 is 0 Å². The Morgan fingerprint density at radius 3 is 1.82 bits per heavy atom. The molecule has 0 aliphatic carbocycles. The van der Waals surface area contributed by atoms with Gasteiger partial charge in [-0.1, -0.05) is 13.8 Å². The summed E-state index contributed by atoms with van der Waals surface area (Å²) in [7, 11) is 0. The average Bonchev–Trinajstić information content (AvgIpc) is 2.47. The topological polar surface area (TPSA) is 88.1 Å². The summed E-state index contributed by atoms with van der Waals surface area (Å²) in [4.78, 5) is 24.9. The summed E-state index contributed by atoms with van der Waals surface area (Å²) in [5, 5.41) is 10.8. The number of rotatable bonds is 4. The number of carbonyl (C=O) groups excluding carboxylic acids is 2. The van der Waals surface area contributed by atoms with Gasteiger partial charge in [0.05, 0.1) is 39.6 Å². The van der Waals surface area contributed by atoms with Gasteiger partial charge >= 0.3 is 0 Å². The number of ether oxygens (including phenoxy) is 3. The molecule has 0 bridgehead atoms. The number of hydrogen-bond acceptors (Lipinski definition) is 6. The van der Waals surface area contributed by atoms with Crippen LogP contribution in [-0.2, 0) is 23.8 Å². The van der Waals surface area contributed by atoms with Gasteiger partial charge in [-0.05, 0) is 12.3 Å². The fourth-order valence-electron chi connectivity index (χ4n) is 2.26. The molecule has 1 heterocycles. The highest BCUT2D eigenvalue weighted by Crippen LogP contribution is 2.14. The van der Waals surface area contributed by atoms with Gasteiger partial charge < -0.3 is 29.0 Å². The fraction of sp³-hybridized carbons (Fsp3) is 0.867. The summed E-state index contributed by atoms with van der Waals surface area (Å²) in [6.45, 7) is 7.08. The van der Waals surface area contributed by atoms with Crippen LogP contribution in [0, 0.1) is 11.8 Å². The van der Waals surface area contributed by atoms with Crippen molar-refractivity contribution in [1.82, 2.24) is 4.90 Å². The first-order chi connectivity index (χ1) is 10.5. The highest BCUT2D eigenvalue weighted by Gasteiger charge is 2.22. The smallest absolute Gasteiger partial charge is 0.225 e. The lowest BCUT2D eigenvalue weighted by atomic mass is 9.96. The van der Waals surface area contributed by atoms with Crippen LogP contribution in [0.1, 0.15) is 20.3 Å². The molecule has 0 N–H and O–H groups in total. The third-order valence-electron chi connectivity index (χ3n) is 3.60. The molecule has 1 saturated heterocycles. The Balaban J connectivity index is 2.51. The molecule has 128 valence electrons. The second-order valence-corrected chi connectivity index (χ2v) is 5.52. The van der Waals surface area contributed by atoms with E-state index in [-0.39, 0.29) is 18.2 Å². The third kappa shape index (κ3) is 7.20. The zero-order chi connectivity index (χ0) is 16.4. The summed E-state index contributed by atoms with van der Waals surface area (Å²) in [6.07, 6.45) is 0.271. The molecule has 0 saturated carbocycles. The number of amides is 1. The van der Waals surface area contributed by atoms with Gasteiger partial charge in [-0.25, -0.2) is 0 Å². The molecule has 0 radical (unpaired) electrons. The normalized spacial score (nSPS) is 21.3. The molecule has 0 aromatic carbocycles. The monoisotopic (exact) mass is 316 g/mol. The molecule has 0 aromatic heterocycles. The van der Waals surface area contributed by atoms with Crippen LogP contribution in [0.4, 0.5) is 0 Å². The second kappa shape index (κ2) is 10.5. The van der Waals surface area contributed by atoms with Crippen molar-refractivity contribution in [3.05, 3.63) is 0 Å². The summed E-state index contributed by atoms with van der Waals surface area (Å²) >= 11 is 0. The highest BCUT2D eigenvalue weighted by atomic mass is 16.5. The van der Waals surface area contributed by atoms with Gasteiger partial charge in [0.2, 0.25) is 5.91 Å². The summed E-state index contributed by atoms with van der Waals surface area (Å²) < 4.78 is 16.1. The average molecular weight is 316 g/mol. The summed E-state index contributed by atoms with van der Waals surface area (Å²) in [5.41, 5.74) is 0. The number of carboxylic acid groups (broad SMARTS) is 1. The van der Waals surface area contributed by atoms with Crippen molar-refractivity contribution in [2.24, 2.45) is 11.8 Å². The lowest BCUT2D eigenvalue weighted by Gasteiger charge is -2.27. The van der Waals surface area contributed by atoms with Gasteiger partial charge in [-0.3, -0.25) is 4.79 Å². The molecule has 0 aromatic rings. The van der Waals surface area contributed by atoms with E-state index in [0.29, 0.717) is 52.7 Å². The molecule has 7 nitrogen and oxygen atoms in total. The van der Waals surface area contributed by atoms with Crippen LogP contribution in [0.2, 0.25) is 0 Å². The first-order valence-corrected chi connectivity index (χ1v) is 7.75. The standard InChI is InChI=1S/C15H27NO6/c1-12(11-13(2)15(18)19)14(17)16-3-5-20-7-9-22-10-8-21-6-4-16/h12-13H,3-11H2,1-2H3,(H,18,19)/p-1/t12-,13+/m0/s1. The van der Waals surface area contributed by atoms with E-state index in [1.54, 1.807) is 18.7 Å². The SMILES string of the molecule is C[C@H](C[C@H](C)C(=O)N1CCOCCOCCOCC1)C(=O)[O-]. The number of carbonyl (C=O) groups is 2. The van der Waals surface area contributed by atoms with Crippen LogP contribution < -0.4 is 5.11 Å². The highest BCUT2D eigenvalue weighted by molar-refractivity contribution is 5.79. The van der Waals surface area contributed by atoms with Crippen molar-refractivity contribution in [3.8, 4) is 0 Å². The Hall–Kier alpha value is -1.18. The van der Waals surface area contributed by atoms with Gasteiger partial charge in [-0.15, -0.1) is 0 Å². The Kier molecular flexibility index (Phi) is 9.03. The Bertz CT molecular complexity index is 337. The number of carboxylic acids is 1. The van der Waals surface area contributed by atoms with E-state index in [4.69, 9.17) is 14.2 Å². The lowest BCUT2D eigenvalue weighted by molar-refractivity contribution is -0.311. The number of hydrogen-bond donors (Lipinski definition) is 0. The zero-order valence-corrected chi connectivity index (χ0v) is 13.4. The van der Waals surface area contributed by atoms with E-state index in [1.165, 1.54) is 0 Å². The van der Waals surface area contributed by atoms with Gasteiger partial charge in [-0.2, -0.15) is 0 Å². The molecular formula is C15H26NO6-. The molecule has 1 aliphatic heterocycles. The predicted molar refractivity (Wildman–Crippen MR) is 77.0 cm³/mol. The molecular weight excluding hydrogens is 290 g/mol. The molecule has 1 fully saturated rings. The Morgan fingerprint density at radius 2 is 1.36 bits per heavy atom. The first-order valence-electron chi connectivity index (χ1n) is 7.75. The fourth-order valence-corrected chi connectivity index (χ4v) is 2.26. The molecule has 1 aliphatic rings. The third-order valence-corrected chi connectivity index (χ3v) is 3.60. The van der Waals surface area contributed by atoms with Crippen molar-refractivity contribution in [3.63, 3.8) is 0 Å². The van der Waals surface area contributed by atoms with Crippen molar-refractivity contribution in [1.29, 1.82) is 0 Å². The van der Waals surface area contributed by atoms with Crippen LogP contribution in [0.25, 0.3) is 0 Å². The Morgan fingerprint density at radius 1 is 0.909 bits per heavy atom. The molecule has 2 atom stereocenters. The molecule has 1 amide bonds. The maximum atomic E-state index is 12.4.